The van der Waals surface area contributed by atoms with Gasteiger partial charge >= 0.3 is 6.03 Å². The van der Waals surface area contributed by atoms with Crippen LogP contribution >= 0.6 is 0 Å². The van der Waals surface area contributed by atoms with Gasteiger partial charge in [0.05, 0.1) is 0 Å². The van der Waals surface area contributed by atoms with Gasteiger partial charge in [0.2, 0.25) is 0 Å². The van der Waals surface area contributed by atoms with Crippen LogP contribution in [0.25, 0.3) is 0 Å². The summed E-state index contributed by atoms with van der Waals surface area (Å²) in [4.78, 5) is 16.2. The van der Waals surface area contributed by atoms with Crippen LogP contribution in [-0.2, 0) is 6.54 Å². The average molecular weight is 337 g/mol. The third-order valence-electron chi connectivity index (χ3n) is 4.99. The molecule has 4 nitrogen and oxygen atoms in total. The number of amides is 2. The number of nitrogens with one attached hydrogen (secondary N) is 1. The quantitative estimate of drug-likeness (QED) is 0.920. The molecule has 0 bridgehead atoms. The normalized spacial score (nSPS) is 20.2. The van der Waals surface area contributed by atoms with E-state index < -0.39 is 5.82 Å². The Morgan fingerprint density at radius 3 is 2.50 bits per heavy atom. The van der Waals surface area contributed by atoms with Gasteiger partial charge in [0.1, 0.15) is 11.6 Å². The molecule has 24 heavy (non-hydrogen) atoms. The van der Waals surface area contributed by atoms with Crippen molar-refractivity contribution < 1.29 is 13.6 Å². The molecule has 1 aromatic rings. The summed E-state index contributed by atoms with van der Waals surface area (Å²) < 4.78 is 27.0. The number of hydrogen-bond donors (Lipinski definition) is 1. The molecule has 6 heteroatoms. The Hall–Kier alpha value is -1.69. The van der Waals surface area contributed by atoms with E-state index in [1.165, 1.54) is 31.4 Å². The van der Waals surface area contributed by atoms with Crippen LogP contribution in [0.4, 0.5) is 13.6 Å². The fourth-order valence-electron chi connectivity index (χ4n) is 3.53. The number of urea groups is 1. The number of carbonyl (C=O) groups is 1. The van der Waals surface area contributed by atoms with Crippen LogP contribution in [0.5, 0.6) is 0 Å². The zero-order valence-corrected chi connectivity index (χ0v) is 13.9. The Bertz CT molecular complexity index is 567. The number of hydrogen-bond acceptors (Lipinski definition) is 2. The first-order valence-corrected chi connectivity index (χ1v) is 8.83. The van der Waals surface area contributed by atoms with Gasteiger partial charge in [-0.05, 0) is 31.0 Å². The lowest BCUT2D eigenvalue weighted by molar-refractivity contribution is 0.131. The van der Waals surface area contributed by atoms with E-state index in [0.29, 0.717) is 44.3 Å². The third kappa shape index (κ3) is 4.44. The van der Waals surface area contributed by atoms with E-state index in [1.807, 2.05) is 4.90 Å². The summed E-state index contributed by atoms with van der Waals surface area (Å²) in [6.45, 7) is 2.97. The summed E-state index contributed by atoms with van der Waals surface area (Å²) in [6.07, 6.45) is 5.80. The molecule has 1 aliphatic heterocycles. The summed E-state index contributed by atoms with van der Waals surface area (Å²) in [5, 5.41) is 3.13. The van der Waals surface area contributed by atoms with Crippen molar-refractivity contribution in [3.8, 4) is 0 Å². The summed E-state index contributed by atoms with van der Waals surface area (Å²) in [7, 11) is 0. The van der Waals surface area contributed by atoms with Crippen molar-refractivity contribution in [3.63, 3.8) is 0 Å². The Morgan fingerprint density at radius 2 is 1.79 bits per heavy atom. The fourth-order valence-corrected chi connectivity index (χ4v) is 3.53. The predicted molar refractivity (Wildman–Crippen MR) is 88.6 cm³/mol. The maximum Gasteiger partial charge on any atom is 0.317 e. The van der Waals surface area contributed by atoms with Crippen LogP contribution in [0, 0.1) is 11.6 Å². The topological polar surface area (TPSA) is 35.6 Å². The van der Waals surface area contributed by atoms with Gasteiger partial charge in [0.15, 0.2) is 0 Å². The summed E-state index contributed by atoms with van der Waals surface area (Å²) >= 11 is 0. The zero-order chi connectivity index (χ0) is 16.9. The minimum Gasteiger partial charge on any atom is -0.335 e. The van der Waals surface area contributed by atoms with Gasteiger partial charge in [-0.25, -0.2) is 13.6 Å². The van der Waals surface area contributed by atoms with Gasteiger partial charge in [-0.1, -0.05) is 19.3 Å². The molecule has 1 heterocycles. The molecule has 1 aliphatic carbocycles. The lowest BCUT2D eigenvalue weighted by atomic mass is 9.96. The minimum absolute atomic E-state index is 0.0125. The highest BCUT2D eigenvalue weighted by Gasteiger charge is 2.24. The molecule has 3 rings (SSSR count). The van der Waals surface area contributed by atoms with Gasteiger partial charge in [-0.2, -0.15) is 0 Å². The van der Waals surface area contributed by atoms with Crippen molar-refractivity contribution in [2.75, 3.05) is 26.2 Å². The molecule has 1 saturated heterocycles. The Labute approximate surface area is 141 Å². The molecule has 0 radical (unpaired) electrons. The molecule has 2 fully saturated rings. The van der Waals surface area contributed by atoms with E-state index in [1.54, 1.807) is 0 Å². The lowest BCUT2D eigenvalue weighted by Crippen LogP contribution is -2.53. The molecule has 0 unspecified atom stereocenters. The first-order chi connectivity index (χ1) is 11.6. The fraction of sp³-hybridized carbons (Fsp3) is 0.611. The van der Waals surface area contributed by atoms with E-state index >= 15 is 0 Å². The highest BCUT2D eigenvalue weighted by Crippen LogP contribution is 2.18. The van der Waals surface area contributed by atoms with E-state index in [-0.39, 0.29) is 11.8 Å². The van der Waals surface area contributed by atoms with Crippen molar-refractivity contribution in [1.82, 2.24) is 15.1 Å². The standard InChI is InChI=1S/C18H25F2N3O/c19-15-6-7-17(20)14(12-15)13-22-8-10-23(11-9-22)18(24)21-16-4-2-1-3-5-16/h6-7,12,16H,1-5,8-11,13H2,(H,21,24). The SMILES string of the molecule is O=C(NC1CCCCC1)N1CCN(Cc2cc(F)ccc2F)CC1. The molecule has 2 amide bonds. The van der Waals surface area contributed by atoms with E-state index in [0.717, 1.165) is 18.9 Å². The van der Waals surface area contributed by atoms with E-state index in [9.17, 15) is 13.6 Å². The largest absolute Gasteiger partial charge is 0.335 e. The maximum atomic E-state index is 13.7. The second-order valence-corrected chi connectivity index (χ2v) is 6.78. The van der Waals surface area contributed by atoms with Gasteiger partial charge in [0.25, 0.3) is 0 Å². The maximum absolute atomic E-state index is 13.7. The molecular formula is C18H25F2N3O. The molecule has 1 N–H and O–H groups in total. The second kappa shape index (κ2) is 7.92. The molecule has 0 atom stereocenters. The van der Waals surface area contributed by atoms with Crippen LogP contribution in [-0.4, -0.2) is 48.1 Å². The number of carbonyl (C=O) groups excluding carboxylic acids is 1. The van der Waals surface area contributed by atoms with Crippen molar-refractivity contribution in [2.45, 2.75) is 44.7 Å². The molecular weight excluding hydrogens is 312 g/mol. The van der Waals surface area contributed by atoms with E-state index in [2.05, 4.69) is 10.2 Å². The average Bonchev–Trinajstić information content (AvgIpc) is 2.60. The summed E-state index contributed by atoms with van der Waals surface area (Å²) in [6, 6.07) is 3.87. The highest BCUT2D eigenvalue weighted by molar-refractivity contribution is 5.74. The minimum atomic E-state index is -0.420. The summed E-state index contributed by atoms with van der Waals surface area (Å²) in [5.41, 5.74) is 0.370. The van der Waals surface area contributed by atoms with Crippen molar-refractivity contribution in [2.24, 2.45) is 0 Å². The van der Waals surface area contributed by atoms with Gasteiger partial charge in [-0.3, -0.25) is 4.90 Å². The van der Waals surface area contributed by atoms with Crippen LogP contribution in [0.3, 0.4) is 0 Å². The number of benzene rings is 1. The monoisotopic (exact) mass is 337 g/mol. The first-order valence-electron chi connectivity index (χ1n) is 8.83. The van der Waals surface area contributed by atoms with Crippen molar-refractivity contribution >= 4 is 6.03 Å². The number of halogens is 2. The first kappa shape index (κ1) is 17.1. The Kier molecular flexibility index (Phi) is 5.66. The Balaban J connectivity index is 1.46. The molecule has 2 aliphatic rings. The lowest BCUT2D eigenvalue weighted by Gasteiger charge is -2.36. The molecule has 132 valence electrons. The summed E-state index contributed by atoms with van der Waals surface area (Å²) in [5.74, 6) is -0.800. The molecule has 1 saturated carbocycles. The zero-order valence-electron chi connectivity index (χ0n) is 13.9. The Morgan fingerprint density at radius 1 is 1.08 bits per heavy atom. The third-order valence-corrected chi connectivity index (χ3v) is 4.99. The van der Waals surface area contributed by atoms with E-state index in [4.69, 9.17) is 0 Å². The molecule has 0 aromatic heterocycles. The van der Waals surface area contributed by atoms with Crippen LogP contribution in [0.15, 0.2) is 18.2 Å². The van der Waals surface area contributed by atoms with Crippen LogP contribution < -0.4 is 5.32 Å². The number of nitrogens with zero attached hydrogens (tertiary/aromatic N) is 2. The van der Waals surface area contributed by atoms with Crippen LogP contribution in [0.2, 0.25) is 0 Å². The highest BCUT2D eigenvalue weighted by atomic mass is 19.1. The van der Waals surface area contributed by atoms with Gasteiger partial charge in [-0.15, -0.1) is 0 Å². The smallest absolute Gasteiger partial charge is 0.317 e. The van der Waals surface area contributed by atoms with Gasteiger partial charge in [0, 0.05) is 44.3 Å². The number of rotatable bonds is 3. The molecule has 1 aromatic carbocycles. The second-order valence-electron chi connectivity index (χ2n) is 6.78. The van der Waals surface area contributed by atoms with Crippen molar-refractivity contribution in [3.05, 3.63) is 35.4 Å². The van der Waals surface area contributed by atoms with Crippen LogP contribution in [0.1, 0.15) is 37.7 Å². The predicted octanol–water partition coefficient (Wildman–Crippen LogP) is 3.12. The van der Waals surface area contributed by atoms with Crippen molar-refractivity contribution in [1.29, 1.82) is 0 Å². The number of piperazine rings is 1. The van der Waals surface area contributed by atoms with Gasteiger partial charge < -0.3 is 10.2 Å². The molecule has 0 spiro atoms.